The summed E-state index contributed by atoms with van der Waals surface area (Å²) in [5.74, 6) is -1.26. The van der Waals surface area contributed by atoms with Crippen molar-refractivity contribution in [1.82, 2.24) is 19.8 Å². The number of aromatic nitrogens is 2. The van der Waals surface area contributed by atoms with Crippen LogP contribution in [0.25, 0.3) is 22.2 Å². The number of aliphatic hydroxyl groups is 1. The van der Waals surface area contributed by atoms with Gasteiger partial charge in [0.2, 0.25) is 5.91 Å². The number of carboxylic acids is 1. The van der Waals surface area contributed by atoms with E-state index in [1.807, 2.05) is 102 Å². The zero-order valence-corrected chi connectivity index (χ0v) is 29.8. The van der Waals surface area contributed by atoms with Crippen LogP contribution in [-0.4, -0.2) is 62.3 Å². The quantitative estimate of drug-likeness (QED) is 0.121. The van der Waals surface area contributed by atoms with E-state index in [0.29, 0.717) is 0 Å². The van der Waals surface area contributed by atoms with E-state index in [4.69, 9.17) is 14.6 Å². The van der Waals surface area contributed by atoms with Crippen molar-refractivity contribution >= 4 is 22.9 Å². The number of hydrogen-bond acceptors (Lipinski definition) is 7. The van der Waals surface area contributed by atoms with Gasteiger partial charge in [-0.05, 0) is 52.8 Å². The number of nitrogens with one attached hydrogen (secondary N) is 2. The van der Waals surface area contributed by atoms with Gasteiger partial charge in [0.05, 0.1) is 36.3 Å². The minimum atomic E-state index is -1.00. The number of aliphatic carboxylic acids is 1. The molecule has 7 rings (SSSR count). The van der Waals surface area contributed by atoms with Crippen molar-refractivity contribution < 1.29 is 29.3 Å². The standard InChI is InChI=1S/C42H46N4O7/c1-27-37(25-45-22-20-33(21-23-45)46-36-9-5-4-8-35(36)44-42(46)51)52-41(53-40(27)30-12-10-28(26-47)11-13-30)31-16-14-29(15-17-31)34-7-3-2-6-32(34)24-43-38(48)18-19-39(49)50/h2-17,27,33,37,40-41,47H,18-26H2,1H3,(H,43,48)(H,44,51)(H,49,50). The first kappa shape index (κ1) is 36.3. The predicted molar refractivity (Wildman–Crippen MR) is 201 cm³/mol. The Hall–Kier alpha value is -5.07. The van der Waals surface area contributed by atoms with E-state index in [-0.39, 0.29) is 61.8 Å². The molecule has 2 aliphatic rings. The molecule has 11 heteroatoms. The van der Waals surface area contributed by atoms with Crippen LogP contribution >= 0.6 is 0 Å². The highest BCUT2D eigenvalue weighted by atomic mass is 16.7. The second-order valence-corrected chi connectivity index (χ2v) is 14.1. The molecule has 0 saturated carbocycles. The van der Waals surface area contributed by atoms with E-state index in [1.54, 1.807) is 0 Å². The number of carbonyl (C=O) groups is 2. The summed E-state index contributed by atoms with van der Waals surface area (Å²) in [6, 6.07) is 31.8. The molecule has 4 N–H and O–H groups in total. The van der Waals surface area contributed by atoms with Gasteiger partial charge < -0.3 is 34.9 Å². The molecular weight excluding hydrogens is 672 g/mol. The van der Waals surface area contributed by atoms with Gasteiger partial charge in [0.15, 0.2) is 6.29 Å². The molecule has 4 atom stereocenters. The molecular formula is C42H46N4O7. The van der Waals surface area contributed by atoms with E-state index in [2.05, 4.69) is 22.1 Å². The number of fused-ring (bicyclic) bond motifs is 1. The SMILES string of the molecule is CC1C(CN2CCC(n3c(=O)[nH]c4ccccc43)CC2)OC(c2ccc(-c3ccccc3CNC(=O)CCC(=O)O)cc2)OC1c1ccc(CO)cc1. The maximum Gasteiger partial charge on any atom is 0.326 e. The number of imidazole rings is 1. The summed E-state index contributed by atoms with van der Waals surface area (Å²) >= 11 is 0. The van der Waals surface area contributed by atoms with Crippen LogP contribution < -0.4 is 11.0 Å². The van der Waals surface area contributed by atoms with E-state index in [1.165, 1.54) is 0 Å². The average molecular weight is 719 g/mol. The van der Waals surface area contributed by atoms with Gasteiger partial charge >= 0.3 is 11.7 Å². The number of nitrogens with zero attached hydrogens (tertiary/aromatic N) is 2. The van der Waals surface area contributed by atoms with Crippen LogP contribution in [0.5, 0.6) is 0 Å². The van der Waals surface area contributed by atoms with Crippen molar-refractivity contribution in [2.24, 2.45) is 5.92 Å². The van der Waals surface area contributed by atoms with Crippen molar-refractivity contribution in [2.45, 2.75) is 70.3 Å². The van der Waals surface area contributed by atoms with Gasteiger partial charge in [-0.15, -0.1) is 0 Å². The molecule has 5 aromatic rings. The second-order valence-electron chi connectivity index (χ2n) is 14.1. The van der Waals surface area contributed by atoms with Crippen LogP contribution in [0.1, 0.15) is 73.3 Å². The Morgan fingerprint density at radius 2 is 1.57 bits per heavy atom. The molecule has 0 spiro atoms. The van der Waals surface area contributed by atoms with E-state index in [0.717, 1.165) is 76.9 Å². The lowest BCUT2D eigenvalue weighted by Gasteiger charge is -2.44. The van der Waals surface area contributed by atoms with Crippen LogP contribution in [-0.2, 0) is 32.2 Å². The maximum absolute atomic E-state index is 12.9. The van der Waals surface area contributed by atoms with Crippen molar-refractivity contribution in [1.29, 1.82) is 0 Å². The van der Waals surface area contributed by atoms with Gasteiger partial charge in [0.25, 0.3) is 0 Å². The van der Waals surface area contributed by atoms with Gasteiger partial charge in [-0.25, -0.2) is 4.79 Å². The first-order valence-electron chi connectivity index (χ1n) is 18.4. The number of likely N-dealkylation sites (tertiary alicyclic amines) is 1. The van der Waals surface area contributed by atoms with E-state index < -0.39 is 12.3 Å². The molecule has 276 valence electrons. The fourth-order valence-corrected chi connectivity index (χ4v) is 7.66. The Bertz CT molecular complexity index is 2080. The second kappa shape index (κ2) is 16.3. The highest BCUT2D eigenvalue weighted by Gasteiger charge is 2.39. The Labute approximate surface area is 308 Å². The Morgan fingerprint density at radius 3 is 2.30 bits per heavy atom. The topological polar surface area (TPSA) is 146 Å². The van der Waals surface area contributed by atoms with Gasteiger partial charge in [0, 0.05) is 50.1 Å². The van der Waals surface area contributed by atoms with Crippen LogP contribution in [0.15, 0.2) is 102 Å². The molecule has 2 saturated heterocycles. The van der Waals surface area contributed by atoms with Crippen LogP contribution in [0, 0.1) is 5.92 Å². The number of H-pyrrole nitrogens is 1. The summed E-state index contributed by atoms with van der Waals surface area (Å²) in [5, 5.41) is 21.4. The zero-order valence-electron chi connectivity index (χ0n) is 29.8. The normalized spacial score (nSPS) is 21.1. The Morgan fingerprint density at radius 1 is 0.868 bits per heavy atom. The minimum Gasteiger partial charge on any atom is -0.481 e. The number of hydrogen-bond donors (Lipinski definition) is 4. The fourth-order valence-electron chi connectivity index (χ4n) is 7.66. The number of carboxylic acid groups (broad SMARTS) is 1. The first-order valence-corrected chi connectivity index (χ1v) is 18.4. The number of piperidine rings is 1. The van der Waals surface area contributed by atoms with E-state index in [9.17, 15) is 19.5 Å². The minimum absolute atomic E-state index is 0.0249. The summed E-state index contributed by atoms with van der Waals surface area (Å²) in [5.41, 5.74) is 7.38. The van der Waals surface area contributed by atoms with Gasteiger partial charge in [0.1, 0.15) is 0 Å². The number of para-hydroxylation sites is 2. The highest BCUT2D eigenvalue weighted by Crippen LogP contribution is 2.42. The van der Waals surface area contributed by atoms with Gasteiger partial charge in [-0.2, -0.15) is 0 Å². The molecule has 0 radical (unpaired) electrons. The molecule has 3 heterocycles. The van der Waals surface area contributed by atoms with Crippen LogP contribution in [0.4, 0.5) is 0 Å². The lowest BCUT2D eigenvalue weighted by Crippen LogP contribution is -2.47. The summed E-state index contributed by atoms with van der Waals surface area (Å²) in [6.45, 7) is 4.85. The van der Waals surface area contributed by atoms with Crippen LogP contribution in [0.3, 0.4) is 0 Å². The monoisotopic (exact) mass is 718 g/mol. The van der Waals surface area contributed by atoms with Crippen molar-refractivity contribution in [3.8, 4) is 11.1 Å². The number of aliphatic hydroxyl groups excluding tert-OH is 1. The van der Waals surface area contributed by atoms with E-state index >= 15 is 0 Å². The molecule has 1 amide bonds. The number of ether oxygens (including phenoxy) is 2. The summed E-state index contributed by atoms with van der Waals surface area (Å²) in [6.07, 6.45) is 0.478. The molecule has 0 bridgehead atoms. The third kappa shape index (κ3) is 8.29. The number of carbonyl (C=O) groups excluding carboxylic acids is 1. The predicted octanol–water partition coefficient (Wildman–Crippen LogP) is 6.10. The molecule has 4 unspecified atom stereocenters. The lowest BCUT2D eigenvalue weighted by molar-refractivity contribution is -0.276. The third-order valence-corrected chi connectivity index (χ3v) is 10.7. The van der Waals surface area contributed by atoms with Gasteiger partial charge in [-0.1, -0.05) is 91.9 Å². The van der Waals surface area contributed by atoms with Crippen molar-refractivity contribution in [3.63, 3.8) is 0 Å². The van der Waals surface area contributed by atoms with Crippen molar-refractivity contribution in [3.05, 3.63) is 130 Å². The number of rotatable bonds is 12. The molecule has 53 heavy (non-hydrogen) atoms. The Kier molecular flexibility index (Phi) is 11.2. The first-order chi connectivity index (χ1) is 25.8. The molecule has 2 aliphatic heterocycles. The number of aromatic amines is 1. The summed E-state index contributed by atoms with van der Waals surface area (Å²) in [7, 11) is 0. The molecule has 1 aromatic heterocycles. The van der Waals surface area contributed by atoms with Crippen molar-refractivity contribution in [2.75, 3.05) is 19.6 Å². The largest absolute Gasteiger partial charge is 0.481 e. The molecule has 2 fully saturated rings. The highest BCUT2D eigenvalue weighted by molar-refractivity contribution is 5.81. The lowest BCUT2D eigenvalue weighted by atomic mass is 9.89. The van der Waals surface area contributed by atoms with Crippen LogP contribution in [0.2, 0.25) is 0 Å². The smallest absolute Gasteiger partial charge is 0.326 e. The number of amides is 1. The third-order valence-electron chi connectivity index (χ3n) is 10.7. The van der Waals surface area contributed by atoms with Gasteiger partial charge in [-0.3, -0.25) is 14.2 Å². The number of benzene rings is 4. The maximum atomic E-state index is 12.9. The molecule has 4 aromatic carbocycles. The molecule has 11 nitrogen and oxygen atoms in total. The summed E-state index contributed by atoms with van der Waals surface area (Å²) in [4.78, 5) is 41.4. The molecule has 0 aliphatic carbocycles. The zero-order chi connectivity index (χ0) is 36.9. The summed E-state index contributed by atoms with van der Waals surface area (Å²) < 4.78 is 15.4. The average Bonchev–Trinajstić information content (AvgIpc) is 3.53. The fraction of sp³-hybridized carbons (Fsp3) is 0.357. The Balaban J connectivity index is 1.07.